The van der Waals surface area contributed by atoms with Gasteiger partial charge >= 0.3 is 0 Å². The first-order chi connectivity index (χ1) is 10.5. The number of pyridine rings is 2. The van der Waals surface area contributed by atoms with Gasteiger partial charge in [-0.2, -0.15) is 0 Å². The van der Waals surface area contributed by atoms with E-state index in [-0.39, 0.29) is 11.4 Å². The average Bonchev–Trinajstić information content (AvgIpc) is 2.46. The van der Waals surface area contributed by atoms with E-state index in [0.717, 1.165) is 36.3 Å². The van der Waals surface area contributed by atoms with Gasteiger partial charge < -0.3 is 9.84 Å². The van der Waals surface area contributed by atoms with Gasteiger partial charge in [0, 0.05) is 41.8 Å². The summed E-state index contributed by atoms with van der Waals surface area (Å²) >= 11 is 5.93. The van der Waals surface area contributed by atoms with Gasteiger partial charge in [-0.3, -0.25) is 4.21 Å². The minimum atomic E-state index is -0.766. The van der Waals surface area contributed by atoms with Crippen molar-refractivity contribution in [2.24, 2.45) is 0 Å². The van der Waals surface area contributed by atoms with Gasteiger partial charge in [-0.25, -0.2) is 9.97 Å². The summed E-state index contributed by atoms with van der Waals surface area (Å²) in [4.78, 5) is 8.45. The monoisotopic (exact) mass is 342 g/mol. The molecule has 1 saturated carbocycles. The maximum absolute atomic E-state index is 11.3. The summed E-state index contributed by atoms with van der Waals surface area (Å²) in [7, 11) is 0.234. The number of hydrogen-bond donors (Lipinski definition) is 1. The van der Waals surface area contributed by atoms with E-state index in [1.54, 1.807) is 18.6 Å². The zero-order chi connectivity index (χ0) is 16.3. The van der Waals surface area contributed by atoms with Crippen LogP contribution in [0.3, 0.4) is 0 Å². The Morgan fingerprint density at radius 3 is 2.59 bits per heavy atom. The van der Waals surface area contributed by atoms with Crippen molar-refractivity contribution in [2.75, 3.05) is 13.4 Å². The lowest BCUT2D eigenvalue weighted by Gasteiger charge is -2.33. The molecule has 2 heterocycles. The van der Waals surface area contributed by atoms with Crippen molar-refractivity contribution in [3.8, 4) is 5.88 Å². The van der Waals surface area contributed by atoms with Crippen LogP contribution in [0.1, 0.15) is 18.4 Å². The van der Waals surface area contributed by atoms with E-state index in [9.17, 15) is 4.21 Å². The topological polar surface area (TPSA) is 72.3 Å². The van der Waals surface area contributed by atoms with Crippen LogP contribution in [0.25, 0.3) is 10.8 Å². The lowest BCUT2D eigenvalue weighted by atomic mass is 9.95. The molecule has 5 nitrogen and oxygen atoms in total. The number of aliphatic hydroxyl groups excluding tert-OH is 1. The van der Waals surface area contributed by atoms with Gasteiger partial charge in [-0.05, 0) is 36.8 Å². The Kier molecular flexibility index (Phi) is 5.72. The lowest BCUT2D eigenvalue weighted by molar-refractivity contribution is 0.121. The van der Waals surface area contributed by atoms with Crippen LogP contribution < -0.4 is 4.74 Å². The first-order valence-corrected chi connectivity index (χ1v) is 8.89. The van der Waals surface area contributed by atoms with Gasteiger partial charge in [-0.1, -0.05) is 11.6 Å². The second-order valence-electron chi connectivity index (χ2n) is 5.13. The Labute approximate surface area is 137 Å². The molecule has 1 N–H and O–H groups in total. The molecule has 0 amide bonds. The quantitative estimate of drug-likeness (QED) is 0.867. The van der Waals surface area contributed by atoms with Crippen LogP contribution in [-0.2, 0) is 10.8 Å². The molecule has 120 valence electrons. The molecule has 0 aromatic carbocycles. The average molecular weight is 343 g/mol. The van der Waals surface area contributed by atoms with Crippen LogP contribution in [0.15, 0.2) is 18.5 Å². The molecular formula is C15H19ClN2O3S. The molecule has 0 aliphatic heterocycles. The molecule has 22 heavy (non-hydrogen) atoms. The molecule has 0 bridgehead atoms. The maximum atomic E-state index is 11.3. The van der Waals surface area contributed by atoms with Gasteiger partial charge in [0.2, 0.25) is 5.88 Å². The van der Waals surface area contributed by atoms with E-state index in [4.69, 9.17) is 21.4 Å². The maximum Gasteiger partial charge on any atom is 0.223 e. The van der Waals surface area contributed by atoms with Crippen molar-refractivity contribution in [3.63, 3.8) is 0 Å². The van der Waals surface area contributed by atoms with E-state index in [2.05, 4.69) is 9.97 Å². The zero-order valence-electron chi connectivity index (χ0n) is 12.7. The van der Waals surface area contributed by atoms with Gasteiger partial charge in [-0.15, -0.1) is 0 Å². The second kappa shape index (κ2) is 7.35. The number of aromatic nitrogens is 2. The molecule has 2 aromatic heterocycles. The number of ether oxygens (including phenoxy) is 1. The summed E-state index contributed by atoms with van der Waals surface area (Å²) in [6.45, 7) is 1.98. The van der Waals surface area contributed by atoms with Crippen LogP contribution in [0, 0.1) is 6.92 Å². The number of aliphatic hydroxyl groups is 1. The van der Waals surface area contributed by atoms with Crippen LogP contribution in [0.2, 0.25) is 5.15 Å². The third kappa shape index (κ3) is 3.56. The highest BCUT2D eigenvalue weighted by Crippen LogP contribution is 2.32. The summed E-state index contributed by atoms with van der Waals surface area (Å²) in [5, 5.41) is 9.59. The molecule has 0 saturated heterocycles. The summed E-state index contributed by atoms with van der Waals surface area (Å²) in [5.41, 5.74) is 1.04. The molecule has 7 heteroatoms. The second-order valence-corrected chi connectivity index (χ2v) is 7.18. The smallest absolute Gasteiger partial charge is 0.223 e. The Morgan fingerprint density at radius 1 is 1.27 bits per heavy atom. The molecule has 1 atom stereocenters. The third-order valence-electron chi connectivity index (χ3n) is 3.70. The fourth-order valence-electron chi connectivity index (χ4n) is 2.36. The Bertz CT molecular complexity index is 690. The molecule has 2 aromatic rings. The number of hydrogen-bond acceptors (Lipinski definition) is 5. The SMILES string of the molecule is CO.Cc1cnc(OC2CC(S(C)=O)C2)c2cnc(Cl)cc12. The molecule has 1 fully saturated rings. The van der Waals surface area contributed by atoms with Crippen molar-refractivity contribution in [1.82, 2.24) is 9.97 Å². The predicted molar refractivity (Wildman–Crippen MR) is 88.9 cm³/mol. The number of rotatable bonds is 3. The van der Waals surface area contributed by atoms with E-state index in [0.29, 0.717) is 11.0 Å². The molecule has 1 aliphatic rings. The predicted octanol–water partition coefficient (Wildman–Crippen LogP) is 2.49. The molecule has 0 spiro atoms. The van der Waals surface area contributed by atoms with Gasteiger partial charge in [0.05, 0.1) is 5.39 Å². The minimum Gasteiger partial charge on any atom is -0.474 e. The fraction of sp³-hybridized carbons (Fsp3) is 0.467. The highest BCUT2D eigenvalue weighted by Gasteiger charge is 2.34. The van der Waals surface area contributed by atoms with Crippen molar-refractivity contribution in [3.05, 3.63) is 29.2 Å². The highest BCUT2D eigenvalue weighted by molar-refractivity contribution is 7.84. The molecule has 1 aliphatic carbocycles. The number of fused-ring (bicyclic) bond motifs is 1. The van der Waals surface area contributed by atoms with Gasteiger partial charge in [0.1, 0.15) is 11.3 Å². The first-order valence-electron chi connectivity index (χ1n) is 6.89. The highest BCUT2D eigenvalue weighted by atomic mass is 35.5. The van der Waals surface area contributed by atoms with Crippen molar-refractivity contribution in [1.29, 1.82) is 0 Å². The summed E-state index contributed by atoms with van der Waals surface area (Å²) < 4.78 is 17.2. The number of halogens is 1. The number of aryl methyl sites for hydroxylation is 1. The first kappa shape index (κ1) is 17.1. The van der Waals surface area contributed by atoms with Crippen LogP contribution in [0.4, 0.5) is 0 Å². The number of nitrogens with zero attached hydrogens (tertiary/aromatic N) is 2. The summed E-state index contributed by atoms with van der Waals surface area (Å²) in [6.07, 6.45) is 6.95. The van der Waals surface area contributed by atoms with Crippen LogP contribution in [0.5, 0.6) is 5.88 Å². The standard InChI is InChI=1S/C14H15ClN2O2S.CH4O/c1-8-6-17-14(12-7-16-13(15)5-11(8)12)19-9-3-10(4-9)20(2)18;1-2/h5-7,9-10H,3-4H2,1-2H3;2H,1H3. The van der Waals surface area contributed by atoms with Crippen LogP contribution >= 0.6 is 11.6 Å². The Hall–Kier alpha value is -1.24. The largest absolute Gasteiger partial charge is 0.474 e. The molecule has 1 unspecified atom stereocenters. The normalized spacial score (nSPS) is 21.5. The summed E-state index contributed by atoms with van der Waals surface area (Å²) in [5.74, 6) is 0.583. The van der Waals surface area contributed by atoms with E-state index in [1.165, 1.54) is 0 Å². The van der Waals surface area contributed by atoms with E-state index < -0.39 is 10.8 Å². The summed E-state index contributed by atoms with van der Waals surface area (Å²) in [6, 6.07) is 1.82. The molecule has 3 rings (SSSR count). The minimum absolute atomic E-state index is 0.0954. The van der Waals surface area contributed by atoms with E-state index >= 15 is 0 Å². The van der Waals surface area contributed by atoms with Crippen molar-refractivity contribution < 1.29 is 14.1 Å². The van der Waals surface area contributed by atoms with Crippen molar-refractivity contribution >= 4 is 33.2 Å². The molecule has 0 radical (unpaired) electrons. The zero-order valence-corrected chi connectivity index (χ0v) is 14.3. The fourth-order valence-corrected chi connectivity index (χ4v) is 3.49. The van der Waals surface area contributed by atoms with Gasteiger partial charge in [0.25, 0.3) is 0 Å². The van der Waals surface area contributed by atoms with E-state index in [1.807, 2.05) is 13.0 Å². The van der Waals surface area contributed by atoms with Gasteiger partial charge in [0.15, 0.2) is 0 Å². The lowest BCUT2D eigenvalue weighted by Crippen LogP contribution is -2.40. The Balaban J connectivity index is 0.000000847. The van der Waals surface area contributed by atoms with Crippen LogP contribution in [-0.4, -0.2) is 44.0 Å². The Morgan fingerprint density at radius 2 is 1.95 bits per heavy atom. The van der Waals surface area contributed by atoms with Crippen molar-refractivity contribution in [2.45, 2.75) is 31.1 Å². The molecular weight excluding hydrogens is 324 g/mol. The third-order valence-corrected chi connectivity index (χ3v) is 5.23.